The van der Waals surface area contributed by atoms with Crippen LogP contribution in [0.15, 0.2) is 0 Å². The fourth-order valence-electron chi connectivity index (χ4n) is 4.30. The Morgan fingerprint density at radius 2 is 1.24 bits per heavy atom. The Balaban J connectivity index is 1.99. The van der Waals surface area contributed by atoms with Gasteiger partial charge in [0.25, 0.3) is 0 Å². The smallest absolute Gasteiger partial charge is 0.187 e. The molecule has 2 saturated heterocycles. The molecular formula is C22H42O11. The third kappa shape index (κ3) is 7.52. The highest BCUT2D eigenvalue weighted by atomic mass is 16.7. The number of hydrogen-bond donors (Lipinski definition) is 5. The van der Waals surface area contributed by atoms with Gasteiger partial charge in [0.1, 0.15) is 48.8 Å². The van der Waals surface area contributed by atoms with Crippen LogP contribution in [0.5, 0.6) is 0 Å². The predicted molar refractivity (Wildman–Crippen MR) is 115 cm³/mol. The van der Waals surface area contributed by atoms with Crippen molar-refractivity contribution in [2.45, 2.75) is 107 Å². The first-order chi connectivity index (χ1) is 15.9. The highest BCUT2D eigenvalue weighted by Crippen LogP contribution is 2.31. The van der Waals surface area contributed by atoms with Crippen LogP contribution in [0.3, 0.4) is 0 Å². The van der Waals surface area contributed by atoms with E-state index in [0.29, 0.717) is 6.61 Å². The Labute approximate surface area is 195 Å². The lowest BCUT2D eigenvalue weighted by Gasteiger charge is -2.47. The van der Waals surface area contributed by atoms with Crippen molar-refractivity contribution < 1.29 is 54.0 Å². The summed E-state index contributed by atoms with van der Waals surface area (Å²) >= 11 is 0. The lowest BCUT2D eigenvalue weighted by molar-refractivity contribution is -0.362. The fraction of sp³-hybridized carbons (Fsp3) is 1.00. The summed E-state index contributed by atoms with van der Waals surface area (Å²) in [5.41, 5.74) is 0. The van der Waals surface area contributed by atoms with E-state index in [0.717, 1.165) is 19.3 Å². The van der Waals surface area contributed by atoms with Gasteiger partial charge in [-0.05, 0) is 6.42 Å². The van der Waals surface area contributed by atoms with E-state index in [2.05, 4.69) is 6.92 Å². The lowest BCUT2D eigenvalue weighted by atomic mass is 9.96. The zero-order valence-electron chi connectivity index (χ0n) is 19.8. The zero-order chi connectivity index (χ0) is 24.4. The van der Waals surface area contributed by atoms with Gasteiger partial charge in [0.15, 0.2) is 12.6 Å². The lowest BCUT2D eigenvalue weighted by Crippen LogP contribution is -2.65. The maximum Gasteiger partial charge on any atom is 0.187 e. The van der Waals surface area contributed by atoms with Crippen molar-refractivity contribution in [1.29, 1.82) is 0 Å². The maximum absolute atomic E-state index is 10.8. The van der Waals surface area contributed by atoms with E-state index in [9.17, 15) is 25.5 Å². The SMILES string of the molecule is CCCCCCCCO[C@H]1O[C@H](CO)[C@@H](O[C@H]2O[C@H](CO)[C@@H](O)[C@H](OC)[C@@H]2O)[C@H](OC)[C@@H]1O. The van der Waals surface area contributed by atoms with Crippen molar-refractivity contribution >= 4 is 0 Å². The Hall–Kier alpha value is -0.440. The quantitative estimate of drug-likeness (QED) is 0.199. The average Bonchev–Trinajstić information content (AvgIpc) is 2.81. The molecule has 0 amide bonds. The van der Waals surface area contributed by atoms with Gasteiger partial charge in [0.05, 0.1) is 13.2 Å². The van der Waals surface area contributed by atoms with Gasteiger partial charge < -0.3 is 54.0 Å². The van der Waals surface area contributed by atoms with Crippen LogP contribution < -0.4 is 0 Å². The normalized spacial score (nSPS) is 39.6. The summed E-state index contributed by atoms with van der Waals surface area (Å²) in [7, 11) is 2.69. The molecule has 11 heteroatoms. The molecule has 0 aromatic carbocycles. The van der Waals surface area contributed by atoms with Crippen LogP contribution in [0.4, 0.5) is 0 Å². The number of unbranched alkanes of at least 4 members (excludes halogenated alkanes) is 5. The van der Waals surface area contributed by atoms with Crippen LogP contribution in [0.25, 0.3) is 0 Å². The molecule has 11 nitrogen and oxygen atoms in total. The Morgan fingerprint density at radius 1 is 0.667 bits per heavy atom. The minimum atomic E-state index is -1.40. The monoisotopic (exact) mass is 482 g/mol. The Kier molecular flexibility index (Phi) is 13.0. The summed E-state index contributed by atoms with van der Waals surface area (Å²) < 4.78 is 33.4. The minimum absolute atomic E-state index is 0.393. The summed E-state index contributed by atoms with van der Waals surface area (Å²) in [6.45, 7) is 1.57. The van der Waals surface area contributed by atoms with Gasteiger partial charge in [-0.25, -0.2) is 0 Å². The zero-order valence-corrected chi connectivity index (χ0v) is 19.8. The number of hydrogen-bond acceptors (Lipinski definition) is 11. The molecule has 2 heterocycles. The number of aliphatic hydroxyl groups is 5. The molecule has 0 aromatic rings. The van der Waals surface area contributed by atoms with E-state index in [1.807, 2.05) is 0 Å². The van der Waals surface area contributed by atoms with E-state index in [-0.39, 0.29) is 0 Å². The summed E-state index contributed by atoms with van der Waals surface area (Å²) in [4.78, 5) is 0. The van der Waals surface area contributed by atoms with Gasteiger partial charge in [-0.3, -0.25) is 0 Å². The first-order valence-corrected chi connectivity index (χ1v) is 11.8. The molecule has 0 aliphatic carbocycles. The van der Waals surface area contributed by atoms with Gasteiger partial charge in [-0.2, -0.15) is 0 Å². The highest BCUT2D eigenvalue weighted by molar-refractivity contribution is 4.95. The maximum atomic E-state index is 10.8. The molecule has 0 bridgehead atoms. The molecular weight excluding hydrogens is 440 g/mol. The topological polar surface area (TPSA) is 157 Å². The summed E-state index contributed by atoms with van der Waals surface area (Å²) in [5.74, 6) is 0. The second kappa shape index (κ2) is 14.8. The van der Waals surface area contributed by atoms with Gasteiger partial charge in [0.2, 0.25) is 0 Å². The summed E-state index contributed by atoms with van der Waals surface area (Å²) in [5, 5.41) is 50.9. The summed E-state index contributed by atoms with van der Waals surface area (Å²) in [6.07, 6.45) is -4.76. The molecule has 33 heavy (non-hydrogen) atoms. The van der Waals surface area contributed by atoms with Crippen molar-refractivity contribution in [3.05, 3.63) is 0 Å². The molecule has 0 spiro atoms. The first-order valence-electron chi connectivity index (χ1n) is 11.8. The second-order valence-corrected chi connectivity index (χ2v) is 8.56. The van der Waals surface area contributed by atoms with Crippen molar-refractivity contribution in [2.75, 3.05) is 34.0 Å². The number of aliphatic hydroxyl groups excluding tert-OH is 5. The van der Waals surface area contributed by atoms with Gasteiger partial charge in [-0.1, -0.05) is 39.0 Å². The van der Waals surface area contributed by atoms with Crippen LogP contribution in [0, 0.1) is 0 Å². The van der Waals surface area contributed by atoms with E-state index < -0.39 is 74.6 Å². The van der Waals surface area contributed by atoms with E-state index in [1.165, 1.54) is 33.5 Å². The fourth-order valence-corrected chi connectivity index (χ4v) is 4.30. The number of rotatable bonds is 14. The molecule has 5 N–H and O–H groups in total. The second-order valence-electron chi connectivity index (χ2n) is 8.56. The Morgan fingerprint density at radius 3 is 1.85 bits per heavy atom. The number of ether oxygens (including phenoxy) is 6. The van der Waals surface area contributed by atoms with E-state index >= 15 is 0 Å². The average molecular weight is 483 g/mol. The predicted octanol–water partition coefficient (Wildman–Crippen LogP) is -0.704. The van der Waals surface area contributed by atoms with Crippen LogP contribution in [0.1, 0.15) is 45.4 Å². The third-order valence-corrected chi connectivity index (χ3v) is 6.23. The van der Waals surface area contributed by atoms with Gasteiger partial charge in [-0.15, -0.1) is 0 Å². The largest absolute Gasteiger partial charge is 0.394 e. The van der Waals surface area contributed by atoms with Crippen molar-refractivity contribution in [2.24, 2.45) is 0 Å². The van der Waals surface area contributed by atoms with Crippen molar-refractivity contribution in [3.8, 4) is 0 Å². The minimum Gasteiger partial charge on any atom is -0.394 e. The Bertz CT molecular complexity index is 525. The van der Waals surface area contributed by atoms with Crippen LogP contribution in [-0.2, 0) is 28.4 Å². The molecule has 10 atom stereocenters. The number of methoxy groups -OCH3 is 2. The highest BCUT2D eigenvalue weighted by Gasteiger charge is 2.51. The molecule has 0 unspecified atom stereocenters. The molecule has 0 radical (unpaired) electrons. The third-order valence-electron chi connectivity index (χ3n) is 6.23. The molecule has 2 aliphatic rings. The first kappa shape index (κ1) is 28.8. The molecule has 0 saturated carbocycles. The van der Waals surface area contributed by atoms with Crippen LogP contribution in [-0.4, -0.2) is 121 Å². The molecule has 196 valence electrons. The molecule has 2 fully saturated rings. The standard InChI is InChI=1S/C22H42O11/c1-4-5-6-7-8-9-10-30-21-17(27)20(29-3)18(14(12-24)32-21)33-22-16(26)19(28-2)15(25)13(11-23)31-22/h13-27H,4-12H2,1-3H3/t13-,14-,15-,16+,17+,18-,19+,20-,21+,22-/m1/s1. The molecule has 2 aliphatic heterocycles. The van der Waals surface area contributed by atoms with E-state index in [1.54, 1.807) is 0 Å². The molecule has 2 rings (SSSR count). The summed E-state index contributed by atoms with van der Waals surface area (Å²) in [6, 6.07) is 0. The van der Waals surface area contributed by atoms with Crippen molar-refractivity contribution in [3.63, 3.8) is 0 Å². The van der Waals surface area contributed by atoms with Crippen LogP contribution in [0.2, 0.25) is 0 Å². The van der Waals surface area contributed by atoms with E-state index in [4.69, 9.17) is 28.4 Å². The van der Waals surface area contributed by atoms with Crippen LogP contribution >= 0.6 is 0 Å². The van der Waals surface area contributed by atoms with Crippen molar-refractivity contribution in [1.82, 2.24) is 0 Å². The molecule has 0 aromatic heterocycles. The van der Waals surface area contributed by atoms with Gasteiger partial charge in [0, 0.05) is 20.8 Å². The van der Waals surface area contributed by atoms with Gasteiger partial charge >= 0.3 is 0 Å².